The first-order chi connectivity index (χ1) is 25.9. The molecule has 0 saturated carbocycles. The molecular formula is C39H47F3N4O9. The topological polar surface area (TPSA) is 198 Å². The molecule has 0 aliphatic rings. The maximum atomic E-state index is 14.2. The quantitative estimate of drug-likeness (QED) is 0.133. The summed E-state index contributed by atoms with van der Waals surface area (Å²) in [6.07, 6.45) is -10.1. The molecular weight excluding hydrogens is 725 g/mol. The van der Waals surface area contributed by atoms with Crippen LogP contribution in [0.25, 0.3) is 0 Å². The summed E-state index contributed by atoms with van der Waals surface area (Å²) in [5.41, 5.74) is 7.45. The number of hydrogen-bond donors (Lipinski definition) is 4. The zero-order valence-corrected chi connectivity index (χ0v) is 30.9. The number of aliphatic hydroxyl groups is 1. The third-order valence-electron chi connectivity index (χ3n) is 8.91. The van der Waals surface area contributed by atoms with Gasteiger partial charge in [0.15, 0.2) is 6.10 Å². The highest BCUT2D eigenvalue weighted by Crippen LogP contribution is 2.28. The van der Waals surface area contributed by atoms with Gasteiger partial charge in [0, 0.05) is 18.0 Å². The fourth-order valence-corrected chi connectivity index (χ4v) is 5.77. The Labute approximate surface area is 317 Å². The standard InChI is InChI=1S/C39H47F3N4O9/c1-23(2)28(20-31(47)48)35(50)45-29(18-25-12-7-5-8-13-25)33(49)34(55-37(52)39(40,41)42)30(19-26-14-9-6-10-15-26)46(36(51)32(43)24(3)4)38(53)54-22-27-16-11-17-44-21-27/h5-17,21,23-24,28-30,32-34,49H,18-20,22,43H2,1-4H3,(H,45,50)(H,47,48)/t28?,29-,30-,32-,33-,34+/m0/s1. The van der Waals surface area contributed by atoms with Crippen LogP contribution in [0, 0.1) is 17.8 Å². The van der Waals surface area contributed by atoms with Gasteiger partial charge >= 0.3 is 24.2 Å². The van der Waals surface area contributed by atoms with Crippen molar-refractivity contribution in [1.82, 2.24) is 15.2 Å². The number of alkyl halides is 3. The van der Waals surface area contributed by atoms with E-state index in [1.807, 2.05) is 0 Å². The number of halogens is 3. The van der Waals surface area contributed by atoms with Crippen molar-refractivity contribution in [1.29, 1.82) is 0 Å². The number of carboxylic acid groups (broad SMARTS) is 1. The highest BCUT2D eigenvalue weighted by Gasteiger charge is 2.50. The Bertz CT molecular complexity index is 1710. The van der Waals surface area contributed by atoms with E-state index in [1.54, 1.807) is 88.4 Å². The zero-order chi connectivity index (χ0) is 40.9. The third-order valence-corrected chi connectivity index (χ3v) is 8.91. The van der Waals surface area contributed by atoms with Gasteiger partial charge in [-0.3, -0.25) is 19.4 Å². The number of hydrogen-bond acceptors (Lipinski definition) is 10. The lowest BCUT2D eigenvalue weighted by atomic mass is 9.87. The smallest absolute Gasteiger partial charge is 0.481 e. The molecule has 5 N–H and O–H groups in total. The van der Waals surface area contributed by atoms with Crippen molar-refractivity contribution in [3.05, 3.63) is 102 Å². The number of esters is 1. The van der Waals surface area contributed by atoms with Crippen molar-refractivity contribution in [2.24, 2.45) is 23.5 Å². The van der Waals surface area contributed by atoms with Crippen molar-refractivity contribution < 1.29 is 56.8 Å². The second kappa shape index (κ2) is 20.4. The molecule has 3 rings (SSSR count). The Kier molecular flexibility index (Phi) is 16.3. The molecule has 55 heavy (non-hydrogen) atoms. The van der Waals surface area contributed by atoms with E-state index in [-0.39, 0.29) is 6.42 Å². The van der Waals surface area contributed by atoms with Crippen LogP contribution in [0.4, 0.5) is 18.0 Å². The summed E-state index contributed by atoms with van der Waals surface area (Å²) >= 11 is 0. The van der Waals surface area contributed by atoms with Gasteiger partial charge in [-0.05, 0) is 41.9 Å². The van der Waals surface area contributed by atoms with Gasteiger partial charge in [0.1, 0.15) is 12.7 Å². The number of aliphatic carboxylic acids is 1. The van der Waals surface area contributed by atoms with E-state index < -0.39 is 104 Å². The molecule has 0 aliphatic carbocycles. The lowest BCUT2D eigenvalue weighted by molar-refractivity contribution is -0.214. The normalized spacial score (nSPS) is 14.9. The van der Waals surface area contributed by atoms with Gasteiger partial charge in [-0.1, -0.05) is 94.4 Å². The maximum absolute atomic E-state index is 14.2. The molecule has 1 unspecified atom stereocenters. The molecule has 0 aliphatic heterocycles. The first-order valence-corrected chi connectivity index (χ1v) is 17.6. The third kappa shape index (κ3) is 13.2. The summed E-state index contributed by atoms with van der Waals surface area (Å²) in [6.45, 7) is 5.89. The molecule has 13 nitrogen and oxygen atoms in total. The van der Waals surface area contributed by atoms with Crippen LogP contribution < -0.4 is 11.1 Å². The van der Waals surface area contributed by atoms with E-state index in [1.165, 1.54) is 24.5 Å². The number of nitrogens with two attached hydrogens (primary N) is 1. The molecule has 298 valence electrons. The molecule has 6 atom stereocenters. The van der Waals surface area contributed by atoms with Gasteiger partial charge in [0.25, 0.3) is 0 Å². The number of ether oxygens (including phenoxy) is 2. The number of amides is 3. The number of carbonyl (C=O) groups is 5. The lowest BCUT2D eigenvalue weighted by Crippen LogP contribution is -2.63. The fourth-order valence-electron chi connectivity index (χ4n) is 5.77. The van der Waals surface area contributed by atoms with Crippen LogP contribution in [0.5, 0.6) is 0 Å². The zero-order valence-electron chi connectivity index (χ0n) is 30.9. The highest BCUT2D eigenvalue weighted by atomic mass is 19.4. The average Bonchev–Trinajstić information content (AvgIpc) is 3.14. The molecule has 0 saturated heterocycles. The molecule has 3 amide bonds. The number of pyridine rings is 1. The molecule has 0 bridgehead atoms. The molecule has 16 heteroatoms. The summed E-state index contributed by atoms with van der Waals surface area (Å²) in [6, 6.07) is 14.2. The second-order valence-electron chi connectivity index (χ2n) is 13.8. The number of carbonyl (C=O) groups excluding carboxylic acids is 4. The lowest BCUT2D eigenvalue weighted by Gasteiger charge is -2.40. The summed E-state index contributed by atoms with van der Waals surface area (Å²) in [5.74, 6) is -8.32. The average molecular weight is 773 g/mol. The van der Waals surface area contributed by atoms with E-state index in [2.05, 4.69) is 10.3 Å². The van der Waals surface area contributed by atoms with Crippen molar-refractivity contribution in [3.63, 3.8) is 0 Å². The van der Waals surface area contributed by atoms with Gasteiger partial charge in [0.2, 0.25) is 11.8 Å². The molecule has 0 spiro atoms. The predicted octanol–water partition coefficient (Wildman–Crippen LogP) is 4.45. The highest BCUT2D eigenvalue weighted by molar-refractivity contribution is 5.95. The van der Waals surface area contributed by atoms with E-state index in [0.29, 0.717) is 21.6 Å². The number of nitrogens with zero attached hydrogens (tertiary/aromatic N) is 2. The number of rotatable bonds is 18. The maximum Gasteiger partial charge on any atom is 0.490 e. The fraction of sp³-hybridized carbons (Fsp3) is 0.436. The Morgan fingerprint density at radius 1 is 0.855 bits per heavy atom. The summed E-state index contributed by atoms with van der Waals surface area (Å²) < 4.78 is 52.6. The van der Waals surface area contributed by atoms with Crippen LogP contribution in [0.1, 0.15) is 50.8 Å². The van der Waals surface area contributed by atoms with Crippen molar-refractivity contribution in [2.75, 3.05) is 0 Å². The first kappa shape index (κ1) is 44.0. The summed E-state index contributed by atoms with van der Waals surface area (Å²) in [7, 11) is 0. The van der Waals surface area contributed by atoms with Crippen LogP contribution in [-0.4, -0.2) is 86.5 Å². The molecule has 2 aromatic carbocycles. The van der Waals surface area contributed by atoms with Gasteiger partial charge in [-0.25, -0.2) is 14.5 Å². The molecule has 3 aromatic rings. The van der Waals surface area contributed by atoms with Gasteiger partial charge < -0.3 is 30.7 Å². The number of aromatic nitrogens is 1. The minimum Gasteiger partial charge on any atom is -0.481 e. The number of benzene rings is 2. The Balaban J connectivity index is 2.27. The summed E-state index contributed by atoms with van der Waals surface area (Å²) in [5, 5.41) is 24.3. The monoisotopic (exact) mass is 772 g/mol. The van der Waals surface area contributed by atoms with E-state index in [4.69, 9.17) is 15.2 Å². The summed E-state index contributed by atoms with van der Waals surface area (Å²) in [4.78, 5) is 70.8. The van der Waals surface area contributed by atoms with Gasteiger partial charge in [-0.15, -0.1) is 0 Å². The van der Waals surface area contributed by atoms with Gasteiger partial charge in [-0.2, -0.15) is 13.2 Å². The second-order valence-corrected chi connectivity index (χ2v) is 13.8. The molecule has 1 heterocycles. The molecule has 0 fully saturated rings. The van der Waals surface area contributed by atoms with Crippen molar-refractivity contribution in [2.45, 2.75) is 90.1 Å². The predicted molar refractivity (Wildman–Crippen MR) is 193 cm³/mol. The van der Waals surface area contributed by atoms with Crippen LogP contribution >= 0.6 is 0 Å². The van der Waals surface area contributed by atoms with Crippen LogP contribution in [0.2, 0.25) is 0 Å². The number of imide groups is 1. The van der Waals surface area contributed by atoms with Crippen molar-refractivity contribution in [3.8, 4) is 0 Å². The van der Waals surface area contributed by atoms with Gasteiger partial charge in [0.05, 0.1) is 30.5 Å². The SMILES string of the molecule is CC(C)C(CC(=O)O)C(=O)N[C@@H](Cc1ccccc1)[C@H](O)[C@H](OC(=O)C(F)(F)F)[C@H](Cc1ccccc1)N(C(=O)OCc1cccnc1)C(=O)[C@@H](N)C(C)C. The first-order valence-electron chi connectivity index (χ1n) is 17.6. The van der Waals surface area contributed by atoms with E-state index >= 15 is 0 Å². The Morgan fingerprint density at radius 3 is 1.91 bits per heavy atom. The number of nitrogens with one attached hydrogen (secondary N) is 1. The molecule has 1 aromatic heterocycles. The molecule has 0 radical (unpaired) electrons. The van der Waals surface area contributed by atoms with Crippen molar-refractivity contribution >= 4 is 29.8 Å². The minimum absolute atomic E-state index is 0.269. The largest absolute Gasteiger partial charge is 0.490 e. The van der Waals surface area contributed by atoms with Crippen LogP contribution in [0.3, 0.4) is 0 Å². The van der Waals surface area contributed by atoms with E-state index in [0.717, 1.165) is 0 Å². The van der Waals surface area contributed by atoms with Crippen LogP contribution in [-0.2, 0) is 48.1 Å². The van der Waals surface area contributed by atoms with E-state index in [9.17, 15) is 47.4 Å². The Hall–Kier alpha value is -5.35. The van der Waals surface area contributed by atoms with Crippen LogP contribution in [0.15, 0.2) is 85.2 Å². The number of carboxylic acids is 1. The number of aliphatic hydroxyl groups excluding tert-OH is 1. The Morgan fingerprint density at radius 2 is 1.42 bits per heavy atom. The minimum atomic E-state index is -5.61.